The molecular formula is C14H23N3O2. The van der Waals surface area contributed by atoms with Gasteiger partial charge in [0.05, 0.1) is 13.2 Å². The standard InChI is InChI=1S/C14H23N3O2/c18-10-9-17(11-13-15-7-8-16-13)14(19)12-5-3-1-2-4-6-12/h7-8,12,18H,1-6,9-11H2,(H,15,16). The van der Waals surface area contributed by atoms with E-state index < -0.39 is 0 Å². The molecule has 1 heterocycles. The summed E-state index contributed by atoms with van der Waals surface area (Å²) in [6, 6.07) is 0. The highest BCUT2D eigenvalue weighted by Crippen LogP contribution is 2.24. The van der Waals surface area contributed by atoms with Crippen molar-refractivity contribution in [1.29, 1.82) is 0 Å². The Hall–Kier alpha value is -1.36. The zero-order valence-corrected chi connectivity index (χ0v) is 11.3. The van der Waals surface area contributed by atoms with Crippen LogP contribution in [0.15, 0.2) is 12.4 Å². The Kier molecular flexibility index (Phi) is 5.39. The predicted octanol–water partition coefficient (Wildman–Crippen LogP) is 1.70. The number of nitrogens with zero attached hydrogens (tertiary/aromatic N) is 2. The monoisotopic (exact) mass is 265 g/mol. The third-order valence-electron chi connectivity index (χ3n) is 3.78. The largest absolute Gasteiger partial charge is 0.395 e. The normalized spacial score (nSPS) is 17.1. The molecule has 0 spiro atoms. The van der Waals surface area contributed by atoms with Crippen LogP contribution in [0.1, 0.15) is 44.3 Å². The molecule has 1 aliphatic rings. The maximum absolute atomic E-state index is 12.5. The summed E-state index contributed by atoms with van der Waals surface area (Å²) in [5.41, 5.74) is 0. The average Bonchev–Trinajstić information content (AvgIpc) is 2.77. The van der Waals surface area contributed by atoms with Gasteiger partial charge in [0, 0.05) is 24.9 Å². The number of aromatic nitrogens is 2. The van der Waals surface area contributed by atoms with E-state index in [-0.39, 0.29) is 18.4 Å². The summed E-state index contributed by atoms with van der Waals surface area (Å²) in [6.07, 6.45) is 10.2. The molecule has 5 nitrogen and oxygen atoms in total. The number of amides is 1. The molecule has 1 aromatic rings. The molecule has 19 heavy (non-hydrogen) atoms. The van der Waals surface area contributed by atoms with Gasteiger partial charge in [0.1, 0.15) is 5.82 Å². The van der Waals surface area contributed by atoms with Gasteiger partial charge in [-0.1, -0.05) is 25.7 Å². The van der Waals surface area contributed by atoms with Crippen LogP contribution in [0.5, 0.6) is 0 Å². The fourth-order valence-corrected chi connectivity index (χ4v) is 2.74. The summed E-state index contributed by atoms with van der Waals surface area (Å²) >= 11 is 0. The molecule has 106 valence electrons. The van der Waals surface area contributed by atoms with Crippen molar-refractivity contribution in [1.82, 2.24) is 14.9 Å². The number of aliphatic hydroxyl groups is 1. The van der Waals surface area contributed by atoms with E-state index in [9.17, 15) is 4.79 Å². The van der Waals surface area contributed by atoms with Crippen LogP contribution in [0.3, 0.4) is 0 Å². The summed E-state index contributed by atoms with van der Waals surface area (Å²) in [4.78, 5) is 21.4. The first kappa shape index (κ1) is 14.1. The lowest BCUT2D eigenvalue weighted by atomic mass is 9.98. The molecule has 1 aliphatic carbocycles. The van der Waals surface area contributed by atoms with E-state index >= 15 is 0 Å². The van der Waals surface area contributed by atoms with Gasteiger partial charge in [-0.2, -0.15) is 0 Å². The topological polar surface area (TPSA) is 69.2 Å². The van der Waals surface area contributed by atoms with Crippen molar-refractivity contribution in [3.63, 3.8) is 0 Å². The zero-order valence-electron chi connectivity index (χ0n) is 11.3. The lowest BCUT2D eigenvalue weighted by molar-refractivity contribution is -0.137. The number of aromatic amines is 1. The number of aliphatic hydroxyl groups excluding tert-OH is 1. The minimum absolute atomic E-state index is 0.000825. The predicted molar refractivity (Wildman–Crippen MR) is 72.3 cm³/mol. The third kappa shape index (κ3) is 4.06. The number of hydrogen-bond donors (Lipinski definition) is 2. The molecule has 0 unspecified atom stereocenters. The number of carbonyl (C=O) groups excluding carboxylic acids is 1. The first-order valence-electron chi connectivity index (χ1n) is 7.19. The Morgan fingerprint density at radius 3 is 2.68 bits per heavy atom. The van der Waals surface area contributed by atoms with Crippen molar-refractivity contribution in [2.45, 2.75) is 45.1 Å². The second kappa shape index (κ2) is 7.28. The molecule has 1 saturated carbocycles. The highest BCUT2D eigenvalue weighted by molar-refractivity contribution is 5.78. The van der Waals surface area contributed by atoms with Crippen molar-refractivity contribution in [2.24, 2.45) is 5.92 Å². The van der Waals surface area contributed by atoms with Gasteiger partial charge in [-0.15, -0.1) is 0 Å². The first-order chi connectivity index (χ1) is 9.31. The average molecular weight is 265 g/mol. The van der Waals surface area contributed by atoms with Crippen molar-refractivity contribution in [2.75, 3.05) is 13.2 Å². The molecule has 1 aromatic heterocycles. The van der Waals surface area contributed by atoms with E-state index in [1.165, 1.54) is 12.8 Å². The Morgan fingerprint density at radius 2 is 2.11 bits per heavy atom. The number of nitrogens with one attached hydrogen (secondary N) is 1. The Balaban J connectivity index is 1.98. The lowest BCUT2D eigenvalue weighted by Crippen LogP contribution is -2.37. The van der Waals surface area contributed by atoms with Crippen molar-refractivity contribution < 1.29 is 9.90 Å². The fourth-order valence-electron chi connectivity index (χ4n) is 2.74. The molecule has 0 radical (unpaired) electrons. The molecular weight excluding hydrogens is 242 g/mol. The van der Waals surface area contributed by atoms with Crippen molar-refractivity contribution in [3.8, 4) is 0 Å². The molecule has 0 saturated heterocycles. The van der Waals surface area contributed by atoms with Crippen LogP contribution in [-0.4, -0.2) is 39.0 Å². The van der Waals surface area contributed by atoms with Crippen LogP contribution in [0, 0.1) is 5.92 Å². The zero-order chi connectivity index (χ0) is 13.5. The maximum atomic E-state index is 12.5. The minimum atomic E-state index is -0.000825. The summed E-state index contributed by atoms with van der Waals surface area (Å²) in [7, 11) is 0. The van der Waals surface area contributed by atoms with Crippen LogP contribution in [0.25, 0.3) is 0 Å². The maximum Gasteiger partial charge on any atom is 0.226 e. The minimum Gasteiger partial charge on any atom is -0.395 e. The van der Waals surface area contributed by atoms with Crippen LogP contribution in [0.2, 0.25) is 0 Å². The van der Waals surface area contributed by atoms with Crippen LogP contribution in [0.4, 0.5) is 0 Å². The molecule has 5 heteroatoms. The number of carbonyl (C=O) groups is 1. The van der Waals surface area contributed by atoms with Gasteiger partial charge in [-0.3, -0.25) is 4.79 Å². The molecule has 2 rings (SSSR count). The smallest absolute Gasteiger partial charge is 0.226 e. The summed E-state index contributed by atoms with van der Waals surface area (Å²) in [5.74, 6) is 1.08. The third-order valence-corrected chi connectivity index (χ3v) is 3.78. The van der Waals surface area contributed by atoms with Crippen LogP contribution >= 0.6 is 0 Å². The van der Waals surface area contributed by atoms with Gasteiger partial charge in [-0.05, 0) is 12.8 Å². The van der Waals surface area contributed by atoms with Gasteiger partial charge in [0.2, 0.25) is 5.91 Å². The molecule has 2 N–H and O–H groups in total. The van der Waals surface area contributed by atoms with E-state index in [1.54, 1.807) is 17.3 Å². The van der Waals surface area contributed by atoms with Gasteiger partial charge >= 0.3 is 0 Å². The molecule has 0 aromatic carbocycles. The molecule has 1 fully saturated rings. The van der Waals surface area contributed by atoms with E-state index in [0.29, 0.717) is 13.1 Å². The number of rotatable bonds is 5. The van der Waals surface area contributed by atoms with Crippen LogP contribution in [-0.2, 0) is 11.3 Å². The fraction of sp³-hybridized carbons (Fsp3) is 0.714. The molecule has 0 bridgehead atoms. The Morgan fingerprint density at radius 1 is 1.37 bits per heavy atom. The summed E-state index contributed by atoms with van der Waals surface area (Å²) in [5, 5.41) is 9.14. The van der Waals surface area contributed by atoms with E-state index in [2.05, 4.69) is 9.97 Å². The lowest BCUT2D eigenvalue weighted by Gasteiger charge is -2.25. The van der Waals surface area contributed by atoms with Gasteiger partial charge in [0.15, 0.2) is 0 Å². The second-order valence-electron chi connectivity index (χ2n) is 5.21. The highest BCUT2D eigenvalue weighted by Gasteiger charge is 2.25. The number of H-pyrrole nitrogens is 1. The van der Waals surface area contributed by atoms with Gasteiger partial charge < -0.3 is 15.0 Å². The van der Waals surface area contributed by atoms with Crippen molar-refractivity contribution >= 4 is 5.91 Å². The van der Waals surface area contributed by atoms with Gasteiger partial charge in [-0.25, -0.2) is 4.98 Å². The van der Waals surface area contributed by atoms with Gasteiger partial charge in [0.25, 0.3) is 0 Å². The SMILES string of the molecule is O=C(C1CCCCCC1)N(CCO)Cc1ncc[nH]1. The molecule has 0 atom stereocenters. The highest BCUT2D eigenvalue weighted by atomic mass is 16.3. The summed E-state index contributed by atoms with van der Waals surface area (Å²) < 4.78 is 0. The Bertz CT molecular complexity index is 370. The first-order valence-corrected chi connectivity index (χ1v) is 7.19. The number of imidazole rings is 1. The summed E-state index contributed by atoms with van der Waals surface area (Å²) in [6.45, 7) is 0.845. The van der Waals surface area contributed by atoms with Crippen LogP contribution < -0.4 is 0 Å². The van der Waals surface area contributed by atoms with Crippen molar-refractivity contribution in [3.05, 3.63) is 18.2 Å². The molecule has 1 amide bonds. The quantitative estimate of drug-likeness (QED) is 0.796. The number of hydrogen-bond acceptors (Lipinski definition) is 3. The molecule has 0 aliphatic heterocycles. The van der Waals surface area contributed by atoms with E-state index in [1.807, 2.05) is 0 Å². The van der Waals surface area contributed by atoms with E-state index in [0.717, 1.165) is 31.5 Å². The van der Waals surface area contributed by atoms with E-state index in [4.69, 9.17) is 5.11 Å². The Labute approximate surface area is 114 Å². The second-order valence-corrected chi connectivity index (χ2v) is 5.21.